The fourth-order valence-electron chi connectivity index (χ4n) is 2.72. The Balaban J connectivity index is 2.10. The average molecular weight is 368 g/mol. The summed E-state index contributed by atoms with van der Waals surface area (Å²) in [4.78, 5) is 26.6. The van der Waals surface area contributed by atoms with Crippen molar-refractivity contribution >= 4 is 11.9 Å². The van der Waals surface area contributed by atoms with Gasteiger partial charge in [0, 0.05) is 25.7 Å². The van der Waals surface area contributed by atoms with Gasteiger partial charge in [-0.25, -0.2) is 4.79 Å². The van der Waals surface area contributed by atoms with Crippen molar-refractivity contribution in [1.29, 1.82) is 0 Å². The minimum Gasteiger partial charge on any atom is -0.456 e. The summed E-state index contributed by atoms with van der Waals surface area (Å²) in [6, 6.07) is 14.8. The topological polar surface area (TPSA) is 58.6 Å². The number of hydrogen-bond acceptors (Lipinski definition) is 4. The summed E-state index contributed by atoms with van der Waals surface area (Å²) in [5.74, 6) is -0.422. The summed E-state index contributed by atoms with van der Waals surface area (Å²) in [6.07, 6.45) is 0. The molecule has 2 aromatic carbocycles. The van der Waals surface area contributed by atoms with E-state index in [1.807, 2.05) is 58.2 Å². The Morgan fingerprint density at radius 2 is 1.59 bits per heavy atom. The van der Waals surface area contributed by atoms with E-state index in [2.05, 4.69) is 5.32 Å². The standard InChI is InChI=1S/C22H28N2O3/c1-22(2,3)27-21(26)19-11-7-9-17(13-19)15-24(5)20(25)18-10-6-8-16(12-18)14-23-4/h6-13,23H,14-15H2,1-5H3. The summed E-state index contributed by atoms with van der Waals surface area (Å²) in [6.45, 7) is 6.63. The van der Waals surface area contributed by atoms with Crippen LogP contribution in [-0.4, -0.2) is 36.5 Å². The van der Waals surface area contributed by atoms with Crippen LogP contribution in [0.3, 0.4) is 0 Å². The zero-order valence-corrected chi connectivity index (χ0v) is 16.7. The van der Waals surface area contributed by atoms with E-state index >= 15 is 0 Å². The average Bonchev–Trinajstić information content (AvgIpc) is 2.60. The third-order valence-electron chi connectivity index (χ3n) is 3.88. The number of benzene rings is 2. The minimum absolute atomic E-state index is 0.0596. The maximum absolute atomic E-state index is 12.7. The van der Waals surface area contributed by atoms with Crippen molar-refractivity contribution in [1.82, 2.24) is 10.2 Å². The molecule has 5 nitrogen and oxygen atoms in total. The second-order valence-electron chi connectivity index (χ2n) is 7.59. The highest BCUT2D eigenvalue weighted by molar-refractivity contribution is 5.94. The van der Waals surface area contributed by atoms with Crippen LogP contribution in [-0.2, 0) is 17.8 Å². The van der Waals surface area contributed by atoms with E-state index in [0.717, 1.165) is 11.1 Å². The zero-order valence-electron chi connectivity index (χ0n) is 16.7. The van der Waals surface area contributed by atoms with Gasteiger partial charge >= 0.3 is 5.97 Å². The van der Waals surface area contributed by atoms with Crippen molar-refractivity contribution in [2.45, 2.75) is 39.5 Å². The Labute approximate surface area is 161 Å². The van der Waals surface area contributed by atoms with Crippen LogP contribution in [0.15, 0.2) is 48.5 Å². The van der Waals surface area contributed by atoms with Crippen LogP contribution in [0.5, 0.6) is 0 Å². The number of ether oxygens (including phenoxy) is 1. The van der Waals surface area contributed by atoms with Gasteiger partial charge in [-0.05, 0) is 63.2 Å². The largest absolute Gasteiger partial charge is 0.456 e. The van der Waals surface area contributed by atoms with Crippen LogP contribution in [0.4, 0.5) is 0 Å². The summed E-state index contributed by atoms with van der Waals surface area (Å²) in [7, 11) is 3.63. The van der Waals surface area contributed by atoms with E-state index < -0.39 is 5.60 Å². The van der Waals surface area contributed by atoms with E-state index in [4.69, 9.17) is 4.74 Å². The lowest BCUT2D eigenvalue weighted by Crippen LogP contribution is -2.27. The highest BCUT2D eigenvalue weighted by Crippen LogP contribution is 2.15. The Morgan fingerprint density at radius 3 is 2.22 bits per heavy atom. The Bertz CT molecular complexity index is 809. The summed E-state index contributed by atoms with van der Waals surface area (Å²) >= 11 is 0. The Hall–Kier alpha value is -2.66. The van der Waals surface area contributed by atoms with Crippen molar-refractivity contribution in [2.75, 3.05) is 14.1 Å². The van der Waals surface area contributed by atoms with Crippen LogP contribution in [0.25, 0.3) is 0 Å². The lowest BCUT2D eigenvalue weighted by molar-refractivity contribution is 0.00693. The molecule has 0 saturated heterocycles. The SMILES string of the molecule is CNCc1cccc(C(=O)N(C)Cc2cccc(C(=O)OC(C)(C)C)c2)c1. The van der Waals surface area contributed by atoms with E-state index in [-0.39, 0.29) is 11.9 Å². The maximum Gasteiger partial charge on any atom is 0.338 e. The predicted molar refractivity (Wildman–Crippen MR) is 107 cm³/mol. The Morgan fingerprint density at radius 1 is 1.00 bits per heavy atom. The van der Waals surface area contributed by atoms with E-state index in [1.165, 1.54) is 0 Å². The number of carbonyl (C=O) groups is 2. The second kappa shape index (κ2) is 8.82. The molecule has 0 spiro atoms. The first-order valence-corrected chi connectivity index (χ1v) is 9.01. The molecule has 1 amide bonds. The molecule has 0 fully saturated rings. The number of nitrogens with zero attached hydrogens (tertiary/aromatic N) is 1. The molecule has 0 radical (unpaired) electrons. The summed E-state index contributed by atoms with van der Waals surface area (Å²) in [5.41, 5.74) is 2.52. The quantitative estimate of drug-likeness (QED) is 0.791. The van der Waals surface area contributed by atoms with Gasteiger partial charge in [-0.2, -0.15) is 0 Å². The zero-order chi connectivity index (χ0) is 20.0. The molecule has 0 atom stereocenters. The van der Waals surface area contributed by atoms with E-state index in [0.29, 0.717) is 24.2 Å². The molecular formula is C22H28N2O3. The van der Waals surface area contributed by atoms with Gasteiger partial charge in [0.2, 0.25) is 0 Å². The first-order valence-electron chi connectivity index (χ1n) is 9.01. The molecule has 0 aliphatic heterocycles. The summed E-state index contributed by atoms with van der Waals surface area (Å²) in [5, 5.41) is 3.08. The molecule has 27 heavy (non-hydrogen) atoms. The number of hydrogen-bond donors (Lipinski definition) is 1. The maximum atomic E-state index is 12.7. The molecule has 0 aliphatic rings. The van der Waals surface area contributed by atoms with Crippen LogP contribution in [0, 0.1) is 0 Å². The van der Waals surface area contributed by atoms with Gasteiger partial charge in [0.25, 0.3) is 5.91 Å². The first-order chi connectivity index (χ1) is 12.7. The molecule has 2 aromatic rings. The normalized spacial score (nSPS) is 11.1. The first kappa shape index (κ1) is 20.6. The van der Waals surface area contributed by atoms with Crippen molar-refractivity contribution in [3.63, 3.8) is 0 Å². The number of carbonyl (C=O) groups excluding carboxylic acids is 2. The second-order valence-corrected chi connectivity index (χ2v) is 7.59. The minimum atomic E-state index is -0.543. The molecule has 1 N–H and O–H groups in total. The van der Waals surface area contributed by atoms with Gasteiger partial charge in [0.1, 0.15) is 5.60 Å². The van der Waals surface area contributed by atoms with Gasteiger partial charge < -0.3 is 15.0 Å². The van der Waals surface area contributed by atoms with Gasteiger partial charge in [0.05, 0.1) is 5.56 Å². The molecule has 0 bridgehead atoms. The fourth-order valence-corrected chi connectivity index (χ4v) is 2.72. The molecule has 5 heteroatoms. The molecule has 144 valence electrons. The van der Waals surface area contributed by atoms with Crippen molar-refractivity contribution in [2.24, 2.45) is 0 Å². The van der Waals surface area contributed by atoms with Gasteiger partial charge in [-0.3, -0.25) is 4.79 Å². The molecule has 0 heterocycles. The van der Waals surface area contributed by atoms with E-state index in [1.54, 1.807) is 30.1 Å². The molecule has 0 aliphatic carbocycles. The van der Waals surface area contributed by atoms with Crippen LogP contribution in [0.2, 0.25) is 0 Å². The number of amides is 1. The third kappa shape index (κ3) is 6.22. The molecular weight excluding hydrogens is 340 g/mol. The van der Waals surface area contributed by atoms with Gasteiger partial charge in [-0.15, -0.1) is 0 Å². The van der Waals surface area contributed by atoms with Gasteiger partial charge in [-0.1, -0.05) is 24.3 Å². The number of esters is 1. The molecule has 2 rings (SSSR count). The lowest BCUT2D eigenvalue weighted by atomic mass is 10.1. The van der Waals surface area contributed by atoms with Crippen LogP contribution < -0.4 is 5.32 Å². The van der Waals surface area contributed by atoms with Crippen molar-refractivity contribution in [3.8, 4) is 0 Å². The number of nitrogens with one attached hydrogen (secondary N) is 1. The van der Waals surface area contributed by atoms with Crippen LogP contribution >= 0.6 is 0 Å². The predicted octanol–water partition coefficient (Wildman–Crippen LogP) is 3.63. The smallest absolute Gasteiger partial charge is 0.338 e. The third-order valence-corrected chi connectivity index (χ3v) is 3.88. The molecule has 0 saturated carbocycles. The molecule has 0 unspecified atom stereocenters. The van der Waals surface area contributed by atoms with Gasteiger partial charge in [0.15, 0.2) is 0 Å². The fraction of sp³-hybridized carbons (Fsp3) is 0.364. The Kier molecular flexibility index (Phi) is 6.75. The molecule has 0 aromatic heterocycles. The van der Waals surface area contributed by atoms with Crippen molar-refractivity contribution < 1.29 is 14.3 Å². The monoisotopic (exact) mass is 368 g/mol. The summed E-state index contributed by atoms with van der Waals surface area (Å²) < 4.78 is 5.41. The van der Waals surface area contributed by atoms with Crippen molar-refractivity contribution in [3.05, 3.63) is 70.8 Å². The highest BCUT2D eigenvalue weighted by atomic mass is 16.6. The van der Waals surface area contributed by atoms with E-state index in [9.17, 15) is 9.59 Å². The van der Waals surface area contributed by atoms with Crippen LogP contribution in [0.1, 0.15) is 52.6 Å². The lowest BCUT2D eigenvalue weighted by Gasteiger charge is -2.20. The highest BCUT2D eigenvalue weighted by Gasteiger charge is 2.18. The number of rotatable bonds is 6.